The van der Waals surface area contributed by atoms with E-state index in [0.29, 0.717) is 22.8 Å². The number of hydrogen-bond acceptors (Lipinski definition) is 3. The summed E-state index contributed by atoms with van der Waals surface area (Å²) >= 11 is 6.10. The van der Waals surface area contributed by atoms with Crippen molar-refractivity contribution in [2.75, 3.05) is 6.61 Å². The molecule has 0 bridgehead atoms. The van der Waals surface area contributed by atoms with E-state index in [0.717, 1.165) is 60.1 Å². The molecule has 3 saturated carbocycles. The highest BCUT2D eigenvalue weighted by Gasteiger charge is 2.59. The number of allylic oxidation sites excluding steroid dienone is 1. The normalized spacial score (nSPS) is 44.6. The smallest absolute Gasteiger partial charge is 0.216 e. The second kappa shape index (κ2) is 8.12. The summed E-state index contributed by atoms with van der Waals surface area (Å²) in [5, 5.41) is 11.0. The molecule has 0 saturated heterocycles. The predicted octanol–water partition coefficient (Wildman–Crippen LogP) is 6.82. The van der Waals surface area contributed by atoms with Crippen molar-refractivity contribution in [1.82, 2.24) is 0 Å². The molecule has 0 radical (unpaired) electrons. The van der Waals surface area contributed by atoms with Gasteiger partial charge in [-0.1, -0.05) is 37.1 Å². The average Bonchev–Trinajstić information content (AvgIpc) is 3.17. The largest absolute Gasteiger partial charge is 0.477 e. The van der Waals surface area contributed by atoms with Gasteiger partial charge in [0, 0.05) is 17.0 Å². The fraction of sp³-hybridized carbons (Fsp3) is 0.690. The number of halogens is 1. The molecule has 178 valence electrons. The summed E-state index contributed by atoms with van der Waals surface area (Å²) in [4.78, 5) is 5.20. The lowest BCUT2D eigenvalue weighted by atomic mass is 9.47. The van der Waals surface area contributed by atoms with Gasteiger partial charge in [0.25, 0.3) is 0 Å². The zero-order chi connectivity index (χ0) is 22.8. The third-order valence-corrected chi connectivity index (χ3v) is 10.9. The molecule has 3 fully saturated rings. The van der Waals surface area contributed by atoms with Gasteiger partial charge in [-0.25, -0.2) is 4.99 Å². The van der Waals surface area contributed by atoms with E-state index in [4.69, 9.17) is 21.3 Å². The van der Waals surface area contributed by atoms with E-state index in [1.54, 1.807) is 5.57 Å². The molecule has 0 amide bonds. The summed E-state index contributed by atoms with van der Waals surface area (Å²) in [6.45, 7) is 5.89. The number of nitrogens with zero attached hydrogens (tertiary/aromatic N) is 1. The van der Waals surface area contributed by atoms with Crippen LogP contribution in [0.25, 0.3) is 0 Å². The Morgan fingerprint density at radius 1 is 0.970 bits per heavy atom. The maximum Gasteiger partial charge on any atom is 0.216 e. The molecule has 5 aliphatic rings. The van der Waals surface area contributed by atoms with Crippen LogP contribution < -0.4 is 0 Å². The average molecular weight is 468 g/mol. The standard InChI is InChI=1S/C29H38ClNO2/c1-28-14-11-21(32)17-19(28)5-8-22-23-9-10-25(29(23,2)15-12-24(22)28)26-13-16-33-27(31-26)18-3-6-20(30)7-4-18/h3-7,21-26,32H,8-17H2,1-2H3/t21-,22-,23-,24-,25+,26?,28-,29-/m0/s1. The number of benzene rings is 1. The Bertz CT molecular complexity index is 970. The van der Waals surface area contributed by atoms with E-state index in [-0.39, 0.29) is 6.10 Å². The Morgan fingerprint density at radius 2 is 1.76 bits per heavy atom. The molecule has 4 heteroatoms. The van der Waals surface area contributed by atoms with Gasteiger partial charge in [0.15, 0.2) is 0 Å². The van der Waals surface area contributed by atoms with Crippen LogP contribution in [0.1, 0.15) is 77.2 Å². The highest BCUT2D eigenvalue weighted by molar-refractivity contribution is 6.30. The number of rotatable bonds is 2. The van der Waals surface area contributed by atoms with Gasteiger partial charge in [-0.3, -0.25) is 0 Å². The Morgan fingerprint density at radius 3 is 2.58 bits per heavy atom. The number of ether oxygens (including phenoxy) is 1. The summed E-state index contributed by atoms with van der Waals surface area (Å²) in [5.74, 6) is 3.87. The van der Waals surface area contributed by atoms with Crippen LogP contribution >= 0.6 is 11.6 Å². The summed E-state index contributed by atoms with van der Waals surface area (Å²) < 4.78 is 6.01. The predicted molar refractivity (Wildman–Crippen MR) is 134 cm³/mol. The van der Waals surface area contributed by atoms with Gasteiger partial charge in [0.2, 0.25) is 5.90 Å². The van der Waals surface area contributed by atoms with E-state index in [9.17, 15) is 5.11 Å². The van der Waals surface area contributed by atoms with Gasteiger partial charge >= 0.3 is 0 Å². The van der Waals surface area contributed by atoms with Gasteiger partial charge in [-0.05, 0) is 110 Å². The quantitative estimate of drug-likeness (QED) is 0.485. The van der Waals surface area contributed by atoms with Crippen LogP contribution in [0, 0.1) is 34.5 Å². The van der Waals surface area contributed by atoms with Crippen molar-refractivity contribution in [3.8, 4) is 0 Å². The van der Waals surface area contributed by atoms with Gasteiger partial charge in [0.1, 0.15) is 0 Å². The molecule has 33 heavy (non-hydrogen) atoms. The van der Waals surface area contributed by atoms with Crippen molar-refractivity contribution in [2.45, 2.75) is 83.8 Å². The number of hydrogen-bond donors (Lipinski definition) is 1. The number of fused-ring (bicyclic) bond motifs is 5. The van der Waals surface area contributed by atoms with Gasteiger partial charge < -0.3 is 9.84 Å². The molecule has 1 aliphatic heterocycles. The van der Waals surface area contributed by atoms with Crippen LogP contribution in [0.5, 0.6) is 0 Å². The second-order valence-corrected chi connectivity index (χ2v) is 12.5. The van der Waals surface area contributed by atoms with Gasteiger partial charge in [0.05, 0.1) is 18.8 Å². The van der Waals surface area contributed by atoms with E-state index in [1.165, 1.54) is 38.5 Å². The molecule has 1 aromatic carbocycles. The molecule has 8 atom stereocenters. The van der Waals surface area contributed by atoms with Crippen molar-refractivity contribution >= 4 is 17.5 Å². The third-order valence-electron chi connectivity index (χ3n) is 10.6. The van der Waals surface area contributed by atoms with Crippen LogP contribution in [0.2, 0.25) is 5.02 Å². The molecule has 0 aromatic heterocycles. The zero-order valence-electron chi connectivity index (χ0n) is 20.1. The van der Waals surface area contributed by atoms with Crippen molar-refractivity contribution in [3.05, 3.63) is 46.5 Å². The molecule has 3 nitrogen and oxygen atoms in total. The van der Waals surface area contributed by atoms with Crippen molar-refractivity contribution in [1.29, 1.82) is 0 Å². The highest BCUT2D eigenvalue weighted by atomic mass is 35.5. The third kappa shape index (κ3) is 3.52. The first-order valence-corrected chi connectivity index (χ1v) is 13.6. The Balaban J connectivity index is 1.26. The van der Waals surface area contributed by atoms with Crippen molar-refractivity contribution in [2.24, 2.45) is 39.5 Å². The van der Waals surface area contributed by atoms with Crippen molar-refractivity contribution in [3.63, 3.8) is 0 Å². The molecule has 6 rings (SSSR count). The lowest BCUT2D eigenvalue weighted by Gasteiger charge is -2.58. The van der Waals surface area contributed by atoms with E-state index in [2.05, 4.69) is 19.9 Å². The number of aliphatic hydroxyl groups is 1. The second-order valence-electron chi connectivity index (χ2n) is 12.0. The summed E-state index contributed by atoms with van der Waals surface area (Å²) in [7, 11) is 0. The Labute approximate surface area is 203 Å². The number of aliphatic imine (C=N–C) groups is 1. The first-order valence-electron chi connectivity index (χ1n) is 13.2. The minimum Gasteiger partial charge on any atom is -0.477 e. The van der Waals surface area contributed by atoms with Crippen LogP contribution in [0.15, 0.2) is 40.9 Å². The van der Waals surface area contributed by atoms with Gasteiger partial charge in [-0.15, -0.1) is 0 Å². The minimum atomic E-state index is -0.119. The van der Waals surface area contributed by atoms with E-state index >= 15 is 0 Å². The topological polar surface area (TPSA) is 41.8 Å². The van der Waals surface area contributed by atoms with Crippen LogP contribution in [0.3, 0.4) is 0 Å². The fourth-order valence-electron chi connectivity index (χ4n) is 8.88. The molecule has 1 N–H and O–H groups in total. The lowest BCUT2D eigenvalue weighted by Crippen LogP contribution is -2.51. The minimum absolute atomic E-state index is 0.119. The van der Waals surface area contributed by atoms with Crippen LogP contribution in [-0.2, 0) is 4.74 Å². The zero-order valence-corrected chi connectivity index (χ0v) is 20.9. The molecule has 4 aliphatic carbocycles. The van der Waals surface area contributed by atoms with E-state index in [1.807, 2.05) is 24.3 Å². The molecule has 1 aromatic rings. The molecule has 1 heterocycles. The fourth-order valence-corrected chi connectivity index (χ4v) is 9.01. The van der Waals surface area contributed by atoms with Crippen LogP contribution in [-0.4, -0.2) is 29.8 Å². The molecule has 1 unspecified atom stereocenters. The van der Waals surface area contributed by atoms with Crippen molar-refractivity contribution < 1.29 is 9.84 Å². The monoisotopic (exact) mass is 467 g/mol. The summed E-state index contributed by atoms with van der Waals surface area (Å²) in [5.41, 5.74) is 3.32. The van der Waals surface area contributed by atoms with Crippen LogP contribution in [0.4, 0.5) is 0 Å². The maximum absolute atomic E-state index is 10.3. The first kappa shape index (κ1) is 22.2. The molecular weight excluding hydrogens is 430 g/mol. The highest BCUT2D eigenvalue weighted by Crippen LogP contribution is 2.67. The SMILES string of the molecule is C[C@]12CC[C@H]3[C@@H](CC=C4C[C@@H](O)CC[C@@]43C)[C@@H]1CC[C@@H]2C1CCOC(c2ccc(Cl)cc2)=N1. The molecular formula is C29H38ClNO2. The summed E-state index contributed by atoms with van der Waals surface area (Å²) in [6, 6.07) is 8.28. The maximum atomic E-state index is 10.3. The first-order chi connectivity index (χ1) is 15.9. The Hall–Kier alpha value is -1.32. The molecule has 0 spiro atoms. The lowest BCUT2D eigenvalue weighted by molar-refractivity contribution is -0.0539. The Kier molecular flexibility index (Phi) is 5.46. The van der Waals surface area contributed by atoms with Gasteiger partial charge in [-0.2, -0.15) is 0 Å². The summed E-state index contributed by atoms with van der Waals surface area (Å²) in [6.07, 6.45) is 13.1. The van der Waals surface area contributed by atoms with E-state index < -0.39 is 0 Å². The number of aliphatic hydroxyl groups excluding tert-OH is 1.